The number of nitrogens with zero attached hydrogens (tertiary/aromatic N) is 1. The van der Waals surface area contributed by atoms with Crippen molar-refractivity contribution in [2.45, 2.75) is 38.1 Å². The molecule has 1 aromatic carbocycles. The zero-order valence-electron chi connectivity index (χ0n) is 11.8. The number of para-hydroxylation sites is 1. The molecule has 0 bridgehead atoms. The highest BCUT2D eigenvalue weighted by Crippen LogP contribution is 2.23. The number of piperidine rings is 1. The number of carbonyl (C=O) groups is 1. The third kappa shape index (κ3) is 3.03. The second kappa shape index (κ2) is 6.12. The summed E-state index contributed by atoms with van der Waals surface area (Å²) in [4.78, 5) is 14.5. The Hall–Kier alpha value is -1.77. The summed E-state index contributed by atoms with van der Waals surface area (Å²) in [7, 11) is 0. The molecule has 106 valence electrons. The molecule has 3 heteroatoms. The first kappa shape index (κ1) is 13.2. The van der Waals surface area contributed by atoms with Gasteiger partial charge in [-0.15, -0.1) is 0 Å². The maximum absolute atomic E-state index is 12.4. The first-order valence-electron chi connectivity index (χ1n) is 7.63. The zero-order valence-corrected chi connectivity index (χ0v) is 11.8. The zero-order chi connectivity index (χ0) is 13.8. The number of anilines is 1. The number of allylic oxidation sites excluding steroid dienone is 1. The van der Waals surface area contributed by atoms with E-state index in [0.29, 0.717) is 6.04 Å². The highest BCUT2D eigenvalue weighted by atomic mass is 16.2. The van der Waals surface area contributed by atoms with E-state index in [1.807, 2.05) is 23.1 Å². The van der Waals surface area contributed by atoms with Crippen LogP contribution < -0.4 is 5.32 Å². The molecule has 1 N–H and O–H groups in total. The van der Waals surface area contributed by atoms with E-state index in [1.165, 1.54) is 0 Å². The van der Waals surface area contributed by atoms with Gasteiger partial charge in [0.05, 0.1) is 0 Å². The van der Waals surface area contributed by atoms with Gasteiger partial charge in [0.2, 0.25) is 5.91 Å². The highest BCUT2D eigenvalue weighted by Gasteiger charge is 2.26. The highest BCUT2D eigenvalue weighted by molar-refractivity contribution is 5.93. The number of amides is 1. The van der Waals surface area contributed by atoms with Crippen molar-refractivity contribution in [3.8, 4) is 0 Å². The lowest BCUT2D eigenvalue weighted by Crippen LogP contribution is -2.45. The van der Waals surface area contributed by atoms with Gasteiger partial charge in [-0.3, -0.25) is 4.79 Å². The van der Waals surface area contributed by atoms with Crippen molar-refractivity contribution in [1.29, 1.82) is 0 Å². The van der Waals surface area contributed by atoms with Crippen molar-refractivity contribution < 1.29 is 4.79 Å². The molecule has 1 atom stereocenters. The number of hydrogen-bond donors (Lipinski definition) is 1. The summed E-state index contributed by atoms with van der Waals surface area (Å²) in [5.41, 5.74) is 2.18. The van der Waals surface area contributed by atoms with Gasteiger partial charge in [0, 0.05) is 30.4 Å². The molecule has 0 unspecified atom stereocenters. The summed E-state index contributed by atoms with van der Waals surface area (Å²) in [6.45, 7) is 1.73. The monoisotopic (exact) mass is 270 g/mol. The van der Waals surface area contributed by atoms with Gasteiger partial charge in [-0.05, 0) is 44.2 Å². The number of hydrogen-bond acceptors (Lipinski definition) is 2. The van der Waals surface area contributed by atoms with Crippen LogP contribution in [-0.4, -0.2) is 29.9 Å². The van der Waals surface area contributed by atoms with Crippen LogP contribution in [0.3, 0.4) is 0 Å². The smallest absolute Gasteiger partial charge is 0.249 e. The minimum Gasteiger partial charge on any atom is -0.381 e. The Labute approximate surface area is 120 Å². The summed E-state index contributed by atoms with van der Waals surface area (Å²) < 4.78 is 0. The molecule has 2 aliphatic rings. The molecule has 0 saturated carbocycles. The van der Waals surface area contributed by atoms with Crippen LogP contribution >= 0.6 is 0 Å². The molecular formula is C17H22N2O. The Morgan fingerprint density at radius 3 is 2.80 bits per heavy atom. The molecule has 3 nitrogen and oxygen atoms in total. The van der Waals surface area contributed by atoms with E-state index in [-0.39, 0.29) is 5.91 Å². The fraction of sp³-hybridized carbons (Fsp3) is 0.471. The molecule has 1 fully saturated rings. The van der Waals surface area contributed by atoms with Crippen molar-refractivity contribution in [3.05, 3.63) is 42.0 Å². The van der Waals surface area contributed by atoms with E-state index in [1.54, 1.807) is 0 Å². The van der Waals surface area contributed by atoms with Gasteiger partial charge in [-0.2, -0.15) is 0 Å². The van der Waals surface area contributed by atoms with Gasteiger partial charge in [-0.1, -0.05) is 24.3 Å². The van der Waals surface area contributed by atoms with Crippen LogP contribution in [-0.2, 0) is 4.79 Å². The van der Waals surface area contributed by atoms with E-state index in [2.05, 4.69) is 23.5 Å². The summed E-state index contributed by atoms with van der Waals surface area (Å²) in [6, 6.07) is 10.6. The summed E-state index contributed by atoms with van der Waals surface area (Å²) >= 11 is 0. The summed E-state index contributed by atoms with van der Waals surface area (Å²) in [5, 5.41) is 3.54. The van der Waals surface area contributed by atoms with Crippen LogP contribution in [0, 0.1) is 0 Å². The Balaban J connectivity index is 1.60. The molecule has 3 rings (SSSR count). The summed E-state index contributed by atoms with van der Waals surface area (Å²) in [6.07, 6.45) is 7.52. The Kier molecular flexibility index (Phi) is 4.05. The maximum Gasteiger partial charge on any atom is 0.249 e. The molecule has 0 radical (unpaired) electrons. The normalized spacial score (nSPS) is 22.5. The first-order valence-corrected chi connectivity index (χ1v) is 7.63. The van der Waals surface area contributed by atoms with Crippen LogP contribution in [0.2, 0.25) is 0 Å². The van der Waals surface area contributed by atoms with E-state index in [4.69, 9.17) is 0 Å². The Morgan fingerprint density at radius 1 is 1.20 bits per heavy atom. The number of rotatable bonds is 3. The van der Waals surface area contributed by atoms with Crippen LogP contribution in [0.5, 0.6) is 0 Å². The van der Waals surface area contributed by atoms with Crippen molar-refractivity contribution in [1.82, 2.24) is 4.90 Å². The third-order valence-electron chi connectivity index (χ3n) is 4.17. The largest absolute Gasteiger partial charge is 0.381 e. The van der Waals surface area contributed by atoms with Crippen molar-refractivity contribution in [2.24, 2.45) is 0 Å². The van der Waals surface area contributed by atoms with Crippen LogP contribution in [0.25, 0.3) is 0 Å². The molecule has 20 heavy (non-hydrogen) atoms. The number of likely N-dealkylation sites (tertiary alicyclic amines) is 1. The van der Waals surface area contributed by atoms with Gasteiger partial charge in [-0.25, -0.2) is 0 Å². The van der Waals surface area contributed by atoms with E-state index < -0.39 is 0 Å². The fourth-order valence-electron chi connectivity index (χ4n) is 3.12. The minimum absolute atomic E-state index is 0.266. The molecule has 1 amide bonds. The molecule has 0 aromatic heterocycles. The molecule has 1 heterocycles. The fourth-order valence-corrected chi connectivity index (χ4v) is 3.12. The molecule has 1 aliphatic heterocycles. The maximum atomic E-state index is 12.4. The van der Waals surface area contributed by atoms with Gasteiger partial charge < -0.3 is 10.2 Å². The number of nitrogens with one attached hydrogen (secondary N) is 1. The lowest BCUT2D eigenvalue weighted by Gasteiger charge is -2.34. The first-order chi connectivity index (χ1) is 9.83. The lowest BCUT2D eigenvalue weighted by molar-refractivity contribution is -0.128. The topological polar surface area (TPSA) is 32.3 Å². The average molecular weight is 270 g/mol. The van der Waals surface area contributed by atoms with Crippen LogP contribution in [0.1, 0.15) is 32.1 Å². The van der Waals surface area contributed by atoms with E-state index in [0.717, 1.165) is 56.5 Å². The lowest BCUT2D eigenvalue weighted by atomic mass is 10.0. The molecule has 1 saturated heterocycles. The predicted octanol–water partition coefficient (Wildman–Crippen LogP) is 3.20. The summed E-state index contributed by atoms with van der Waals surface area (Å²) in [5.74, 6) is 0.266. The van der Waals surface area contributed by atoms with Crippen molar-refractivity contribution >= 4 is 11.6 Å². The van der Waals surface area contributed by atoms with Gasteiger partial charge in [0.25, 0.3) is 0 Å². The number of benzene rings is 1. The molecule has 1 aromatic rings. The second-order valence-corrected chi connectivity index (χ2v) is 5.72. The molecule has 0 spiro atoms. The van der Waals surface area contributed by atoms with Crippen molar-refractivity contribution in [2.75, 3.05) is 18.4 Å². The van der Waals surface area contributed by atoms with Gasteiger partial charge >= 0.3 is 0 Å². The number of carbonyl (C=O) groups excluding carboxylic acids is 1. The second-order valence-electron chi connectivity index (χ2n) is 5.72. The minimum atomic E-state index is 0.266. The van der Waals surface area contributed by atoms with Crippen LogP contribution in [0.15, 0.2) is 42.0 Å². The Morgan fingerprint density at radius 2 is 2.05 bits per heavy atom. The standard InChI is InChI=1S/C17H22N2O/c20-17(14-7-4-5-8-14)19-12-6-11-16(13-19)18-15-9-2-1-3-10-15/h1-3,7,9-10,16,18H,4-6,8,11-13H2/t16-/m0/s1. The van der Waals surface area contributed by atoms with E-state index in [9.17, 15) is 4.79 Å². The molecular weight excluding hydrogens is 248 g/mol. The quantitative estimate of drug-likeness (QED) is 0.914. The van der Waals surface area contributed by atoms with Crippen molar-refractivity contribution in [3.63, 3.8) is 0 Å². The van der Waals surface area contributed by atoms with E-state index >= 15 is 0 Å². The van der Waals surface area contributed by atoms with Gasteiger partial charge in [0.1, 0.15) is 0 Å². The van der Waals surface area contributed by atoms with Crippen LogP contribution in [0.4, 0.5) is 5.69 Å². The average Bonchev–Trinajstić information content (AvgIpc) is 3.02. The SMILES string of the molecule is O=C(C1=CCCC1)N1CCC[C@H](Nc2ccccc2)C1. The Bertz CT molecular complexity index is 495. The van der Waals surface area contributed by atoms with Gasteiger partial charge in [0.15, 0.2) is 0 Å². The molecule has 1 aliphatic carbocycles. The predicted molar refractivity (Wildman–Crippen MR) is 81.6 cm³/mol. The third-order valence-corrected chi connectivity index (χ3v) is 4.17.